The molecule has 2 aromatic rings. The Balaban J connectivity index is 1.61. The summed E-state index contributed by atoms with van der Waals surface area (Å²) in [5.74, 6) is 0.130. The Labute approximate surface area is 121 Å². The van der Waals surface area contributed by atoms with Crippen LogP contribution in [0.1, 0.15) is 28.6 Å². The van der Waals surface area contributed by atoms with Crippen molar-refractivity contribution in [3.05, 3.63) is 47.0 Å². The van der Waals surface area contributed by atoms with E-state index in [1.54, 1.807) is 5.38 Å². The average Bonchev–Trinajstić information content (AvgIpc) is 3.17. The molecule has 0 spiro atoms. The molecule has 1 aromatic carbocycles. The maximum Gasteiger partial charge on any atom is 0.272 e. The number of carbonyl (C=O) groups is 1. The molecule has 1 N–H and O–H groups in total. The zero-order valence-corrected chi connectivity index (χ0v) is 11.7. The van der Waals surface area contributed by atoms with E-state index in [-0.39, 0.29) is 12.0 Å². The van der Waals surface area contributed by atoms with Crippen molar-refractivity contribution in [2.45, 2.75) is 12.5 Å². The fourth-order valence-electron chi connectivity index (χ4n) is 2.43. The Morgan fingerprint density at radius 3 is 3.00 bits per heavy atom. The van der Waals surface area contributed by atoms with Crippen LogP contribution in [-0.4, -0.2) is 28.6 Å². The minimum atomic E-state index is -0.169. The minimum Gasteiger partial charge on any atom is -0.373 e. The van der Waals surface area contributed by atoms with Crippen molar-refractivity contribution in [2.24, 2.45) is 5.92 Å². The molecular weight excluding hydrogens is 274 g/mol. The smallest absolute Gasteiger partial charge is 0.272 e. The van der Waals surface area contributed by atoms with E-state index in [4.69, 9.17) is 4.74 Å². The van der Waals surface area contributed by atoms with Gasteiger partial charge in [0.15, 0.2) is 5.69 Å². The molecule has 0 bridgehead atoms. The number of nitrogens with one attached hydrogen (secondary N) is 1. The molecular formula is C14H15N3O2S. The lowest BCUT2D eigenvalue weighted by Gasteiger charge is -2.19. The predicted molar refractivity (Wildman–Crippen MR) is 75.5 cm³/mol. The number of rotatable bonds is 4. The van der Waals surface area contributed by atoms with Gasteiger partial charge in [0.05, 0.1) is 6.10 Å². The van der Waals surface area contributed by atoms with Gasteiger partial charge in [0, 0.05) is 24.4 Å². The minimum absolute atomic E-state index is 0.0602. The Morgan fingerprint density at radius 1 is 1.40 bits per heavy atom. The molecule has 0 aliphatic carbocycles. The molecule has 5 nitrogen and oxygen atoms in total. The standard InChI is InChI=1S/C14H15N3O2S/c18-14(12-9-20-17-16-12)15-8-11-6-7-19-13(11)10-4-2-1-3-5-10/h1-5,9,11,13H,6-8H2,(H,15,18)/t11-,13-/m1/s1. The second kappa shape index (κ2) is 6.11. The van der Waals surface area contributed by atoms with Gasteiger partial charge in [-0.1, -0.05) is 34.8 Å². The number of hydrogen-bond acceptors (Lipinski definition) is 5. The lowest BCUT2D eigenvalue weighted by Crippen LogP contribution is -2.30. The van der Waals surface area contributed by atoms with Gasteiger partial charge in [0.2, 0.25) is 0 Å². The van der Waals surface area contributed by atoms with Gasteiger partial charge in [0.25, 0.3) is 5.91 Å². The van der Waals surface area contributed by atoms with Crippen LogP contribution >= 0.6 is 11.5 Å². The second-order valence-electron chi connectivity index (χ2n) is 4.75. The molecule has 1 amide bonds. The van der Waals surface area contributed by atoms with Crippen LogP contribution in [0.25, 0.3) is 0 Å². The van der Waals surface area contributed by atoms with E-state index in [1.807, 2.05) is 18.2 Å². The van der Waals surface area contributed by atoms with Crippen LogP contribution in [0, 0.1) is 5.92 Å². The van der Waals surface area contributed by atoms with Crippen LogP contribution in [0.15, 0.2) is 35.7 Å². The normalized spacial score (nSPS) is 21.8. The van der Waals surface area contributed by atoms with Crippen molar-refractivity contribution in [1.82, 2.24) is 14.9 Å². The van der Waals surface area contributed by atoms with E-state index in [9.17, 15) is 4.79 Å². The van der Waals surface area contributed by atoms with Crippen molar-refractivity contribution in [1.29, 1.82) is 0 Å². The summed E-state index contributed by atoms with van der Waals surface area (Å²) >= 11 is 1.18. The summed E-state index contributed by atoms with van der Waals surface area (Å²) in [7, 11) is 0. The maximum absolute atomic E-state index is 11.9. The Hall–Kier alpha value is -1.79. The number of benzene rings is 1. The third kappa shape index (κ3) is 2.86. The van der Waals surface area contributed by atoms with Crippen LogP contribution in [0.2, 0.25) is 0 Å². The van der Waals surface area contributed by atoms with Gasteiger partial charge in [0.1, 0.15) is 0 Å². The quantitative estimate of drug-likeness (QED) is 0.935. The first-order chi connectivity index (χ1) is 9.84. The second-order valence-corrected chi connectivity index (χ2v) is 5.36. The molecule has 104 valence electrons. The first kappa shape index (κ1) is 13.2. The van der Waals surface area contributed by atoms with E-state index >= 15 is 0 Å². The average molecular weight is 289 g/mol. The molecule has 0 radical (unpaired) electrons. The summed E-state index contributed by atoms with van der Waals surface area (Å²) in [5, 5.41) is 8.32. The Kier molecular flexibility index (Phi) is 4.03. The van der Waals surface area contributed by atoms with Crippen molar-refractivity contribution in [3.8, 4) is 0 Å². The monoisotopic (exact) mass is 289 g/mol. The van der Waals surface area contributed by atoms with Gasteiger partial charge in [-0.05, 0) is 23.5 Å². The topological polar surface area (TPSA) is 64.1 Å². The van der Waals surface area contributed by atoms with Crippen molar-refractivity contribution >= 4 is 17.4 Å². The van der Waals surface area contributed by atoms with E-state index in [2.05, 4.69) is 27.0 Å². The molecule has 20 heavy (non-hydrogen) atoms. The highest BCUT2D eigenvalue weighted by atomic mass is 32.1. The zero-order valence-electron chi connectivity index (χ0n) is 10.9. The molecule has 0 unspecified atom stereocenters. The van der Waals surface area contributed by atoms with Crippen LogP contribution in [0.3, 0.4) is 0 Å². The molecule has 1 aliphatic heterocycles. The lowest BCUT2D eigenvalue weighted by atomic mass is 9.95. The first-order valence-electron chi connectivity index (χ1n) is 6.56. The molecule has 0 saturated carbocycles. The summed E-state index contributed by atoms with van der Waals surface area (Å²) in [4.78, 5) is 11.9. The zero-order chi connectivity index (χ0) is 13.8. The third-order valence-corrected chi connectivity index (χ3v) is 3.96. The highest BCUT2D eigenvalue weighted by molar-refractivity contribution is 7.03. The Bertz CT molecular complexity index is 559. The number of ether oxygens (including phenoxy) is 1. The molecule has 1 aromatic heterocycles. The Morgan fingerprint density at radius 2 is 2.25 bits per heavy atom. The van der Waals surface area contributed by atoms with Gasteiger partial charge >= 0.3 is 0 Å². The van der Waals surface area contributed by atoms with Crippen molar-refractivity contribution in [2.75, 3.05) is 13.2 Å². The molecule has 2 atom stereocenters. The molecule has 3 rings (SSSR count). The van der Waals surface area contributed by atoms with Gasteiger partial charge in [-0.3, -0.25) is 4.79 Å². The predicted octanol–water partition coefficient (Wildman–Crippen LogP) is 2.05. The molecule has 1 fully saturated rings. The fraction of sp³-hybridized carbons (Fsp3) is 0.357. The summed E-state index contributed by atoms with van der Waals surface area (Å²) in [5.41, 5.74) is 1.55. The SMILES string of the molecule is O=C(NC[C@H]1CCO[C@@H]1c1ccccc1)c1csnn1. The number of nitrogens with zero attached hydrogens (tertiary/aromatic N) is 2. The van der Waals surface area contributed by atoms with Crippen LogP contribution in [-0.2, 0) is 4.74 Å². The van der Waals surface area contributed by atoms with Gasteiger partial charge in [-0.15, -0.1) is 5.10 Å². The summed E-state index contributed by atoms with van der Waals surface area (Å²) in [6.45, 7) is 1.33. The number of hydrogen-bond donors (Lipinski definition) is 1. The van der Waals surface area contributed by atoms with Crippen LogP contribution < -0.4 is 5.32 Å². The van der Waals surface area contributed by atoms with Crippen molar-refractivity contribution < 1.29 is 9.53 Å². The van der Waals surface area contributed by atoms with Crippen LogP contribution in [0.5, 0.6) is 0 Å². The molecule has 6 heteroatoms. The molecule has 2 heterocycles. The van der Waals surface area contributed by atoms with Gasteiger partial charge < -0.3 is 10.1 Å². The molecule has 1 saturated heterocycles. The third-order valence-electron chi connectivity index (χ3n) is 3.46. The highest BCUT2D eigenvalue weighted by Gasteiger charge is 2.29. The molecule has 1 aliphatic rings. The van der Waals surface area contributed by atoms with Crippen molar-refractivity contribution in [3.63, 3.8) is 0 Å². The number of aromatic nitrogens is 2. The van der Waals surface area contributed by atoms with Gasteiger partial charge in [-0.25, -0.2) is 0 Å². The van der Waals surface area contributed by atoms with E-state index in [0.29, 0.717) is 18.2 Å². The largest absolute Gasteiger partial charge is 0.373 e. The fourth-order valence-corrected chi connectivity index (χ4v) is 2.87. The van der Waals surface area contributed by atoms with Crippen LogP contribution in [0.4, 0.5) is 0 Å². The lowest BCUT2D eigenvalue weighted by molar-refractivity contribution is 0.0844. The summed E-state index contributed by atoms with van der Waals surface area (Å²) in [6, 6.07) is 10.1. The highest BCUT2D eigenvalue weighted by Crippen LogP contribution is 2.33. The van der Waals surface area contributed by atoms with E-state index < -0.39 is 0 Å². The first-order valence-corrected chi connectivity index (χ1v) is 7.40. The van der Waals surface area contributed by atoms with E-state index in [1.165, 1.54) is 17.1 Å². The summed E-state index contributed by atoms with van der Waals surface area (Å²) < 4.78 is 9.49. The van der Waals surface area contributed by atoms with E-state index in [0.717, 1.165) is 13.0 Å². The van der Waals surface area contributed by atoms with Gasteiger partial charge in [-0.2, -0.15) is 0 Å². The number of carbonyl (C=O) groups excluding carboxylic acids is 1. The summed E-state index contributed by atoms with van der Waals surface area (Å²) in [6.07, 6.45) is 1.01. The number of amides is 1. The maximum atomic E-state index is 11.9.